The van der Waals surface area contributed by atoms with Crippen LogP contribution in [0.25, 0.3) is 0 Å². The third-order valence-electron chi connectivity index (χ3n) is 1.82. The summed E-state index contributed by atoms with van der Waals surface area (Å²) in [5, 5.41) is 1.46. The van der Waals surface area contributed by atoms with E-state index in [-0.39, 0.29) is 12.6 Å². The zero-order chi connectivity index (χ0) is 9.42. The lowest BCUT2D eigenvalue weighted by molar-refractivity contribution is -0.277. The summed E-state index contributed by atoms with van der Waals surface area (Å²) < 4.78 is 13.1. The molecule has 1 aliphatic heterocycles. The van der Waals surface area contributed by atoms with E-state index >= 15 is 0 Å². The lowest BCUT2D eigenvalue weighted by Gasteiger charge is -2.31. The van der Waals surface area contributed by atoms with Crippen LogP contribution in [0.2, 0.25) is 5.02 Å². The number of benzene rings is 1. The van der Waals surface area contributed by atoms with Gasteiger partial charge in [-0.15, -0.1) is 5.23 Å². The van der Waals surface area contributed by atoms with E-state index in [1.165, 1.54) is 6.07 Å². The van der Waals surface area contributed by atoms with Crippen LogP contribution in [0.5, 0.6) is 0 Å². The van der Waals surface area contributed by atoms with Crippen molar-refractivity contribution in [2.45, 2.75) is 6.92 Å². The highest BCUT2D eigenvalue weighted by Crippen LogP contribution is 2.29. The van der Waals surface area contributed by atoms with Gasteiger partial charge in [-0.2, -0.15) is 0 Å². The van der Waals surface area contributed by atoms with Gasteiger partial charge >= 0.3 is 0 Å². The maximum absolute atomic E-state index is 13.1. The average Bonchev–Trinajstić information content (AvgIpc) is 1.95. The standard InChI is InChI=1S/C8H7ClFNO2/c1-5-7(10)2-6(9)3-8(5)11-12-4-13-11/h2-3H,4H2,1H3. The highest BCUT2D eigenvalue weighted by atomic mass is 35.5. The van der Waals surface area contributed by atoms with Crippen LogP contribution in [0.15, 0.2) is 12.1 Å². The Morgan fingerprint density at radius 1 is 1.46 bits per heavy atom. The van der Waals surface area contributed by atoms with E-state index in [4.69, 9.17) is 21.3 Å². The first kappa shape index (κ1) is 8.74. The van der Waals surface area contributed by atoms with Crippen molar-refractivity contribution in [3.05, 3.63) is 28.5 Å². The van der Waals surface area contributed by atoms with Crippen molar-refractivity contribution in [3.8, 4) is 0 Å². The highest BCUT2D eigenvalue weighted by molar-refractivity contribution is 6.30. The highest BCUT2D eigenvalue weighted by Gasteiger charge is 2.21. The van der Waals surface area contributed by atoms with E-state index in [1.54, 1.807) is 13.0 Å². The van der Waals surface area contributed by atoms with Gasteiger partial charge in [0.25, 0.3) is 0 Å². The van der Waals surface area contributed by atoms with E-state index in [0.29, 0.717) is 16.3 Å². The van der Waals surface area contributed by atoms with E-state index in [9.17, 15) is 4.39 Å². The summed E-state index contributed by atoms with van der Waals surface area (Å²) >= 11 is 5.67. The zero-order valence-electron chi connectivity index (χ0n) is 6.88. The normalized spacial score (nSPS) is 15.8. The Labute approximate surface area is 79.5 Å². The van der Waals surface area contributed by atoms with Crippen LogP contribution in [0, 0.1) is 12.7 Å². The van der Waals surface area contributed by atoms with Crippen molar-refractivity contribution in [2.75, 3.05) is 12.0 Å². The molecule has 2 rings (SSSR count). The van der Waals surface area contributed by atoms with Gasteiger partial charge in [0.1, 0.15) is 11.5 Å². The maximum Gasteiger partial charge on any atom is 0.205 e. The minimum Gasteiger partial charge on any atom is -0.217 e. The molecule has 70 valence electrons. The molecule has 0 amide bonds. The van der Waals surface area contributed by atoms with Crippen LogP contribution >= 0.6 is 11.6 Å². The molecule has 0 bridgehead atoms. The molecule has 0 unspecified atom stereocenters. The smallest absolute Gasteiger partial charge is 0.205 e. The number of hydrogen-bond acceptors (Lipinski definition) is 3. The molecule has 0 aromatic heterocycles. The van der Waals surface area contributed by atoms with Crippen molar-refractivity contribution in [3.63, 3.8) is 0 Å². The SMILES string of the molecule is Cc1c(F)cc(Cl)cc1N1OCO1. The number of nitrogens with zero attached hydrogens (tertiary/aromatic N) is 1. The van der Waals surface area contributed by atoms with Crippen molar-refractivity contribution >= 4 is 17.3 Å². The quantitative estimate of drug-likeness (QED) is 0.700. The lowest BCUT2D eigenvalue weighted by Crippen LogP contribution is -2.37. The van der Waals surface area contributed by atoms with Crippen LogP contribution in [0.1, 0.15) is 5.56 Å². The topological polar surface area (TPSA) is 21.7 Å². The van der Waals surface area contributed by atoms with Gasteiger partial charge in [0, 0.05) is 10.6 Å². The van der Waals surface area contributed by atoms with Gasteiger partial charge in [-0.3, -0.25) is 0 Å². The number of hydrogen-bond donors (Lipinski definition) is 0. The second-order valence-electron chi connectivity index (χ2n) is 2.66. The largest absolute Gasteiger partial charge is 0.217 e. The Balaban J connectivity index is 2.42. The molecule has 0 aliphatic carbocycles. The Kier molecular flexibility index (Phi) is 2.11. The first-order valence-electron chi connectivity index (χ1n) is 3.70. The molecule has 1 heterocycles. The van der Waals surface area contributed by atoms with Crippen LogP contribution in [-0.2, 0) is 9.68 Å². The summed E-state index contributed by atoms with van der Waals surface area (Å²) in [5.41, 5.74) is 0.945. The molecule has 0 spiro atoms. The molecule has 0 N–H and O–H groups in total. The maximum atomic E-state index is 13.1. The third kappa shape index (κ3) is 1.48. The van der Waals surface area contributed by atoms with Crippen molar-refractivity contribution in [1.29, 1.82) is 0 Å². The average molecular weight is 204 g/mol. The number of rotatable bonds is 1. The Morgan fingerprint density at radius 3 is 2.69 bits per heavy atom. The van der Waals surface area contributed by atoms with Crippen molar-refractivity contribution in [2.24, 2.45) is 0 Å². The molecule has 0 saturated carbocycles. The first-order chi connectivity index (χ1) is 6.18. The molecule has 1 fully saturated rings. The molecule has 3 nitrogen and oxygen atoms in total. The van der Waals surface area contributed by atoms with Gasteiger partial charge in [-0.25, -0.2) is 14.1 Å². The zero-order valence-corrected chi connectivity index (χ0v) is 7.64. The summed E-state index contributed by atoms with van der Waals surface area (Å²) in [4.78, 5) is 9.79. The lowest BCUT2D eigenvalue weighted by atomic mass is 10.2. The second kappa shape index (κ2) is 3.14. The summed E-state index contributed by atoms with van der Waals surface area (Å²) in [6, 6.07) is 2.83. The molecule has 13 heavy (non-hydrogen) atoms. The van der Waals surface area contributed by atoms with Crippen LogP contribution in [0.4, 0.5) is 10.1 Å². The van der Waals surface area contributed by atoms with E-state index in [1.807, 2.05) is 0 Å². The summed E-state index contributed by atoms with van der Waals surface area (Å²) in [5.74, 6) is -0.374. The monoisotopic (exact) mass is 203 g/mol. The molecular weight excluding hydrogens is 197 g/mol. The molecule has 5 heteroatoms. The molecular formula is C8H7ClFNO2. The summed E-state index contributed by atoms with van der Waals surface area (Å²) in [6.07, 6.45) is 0. The van der Waals surface area contributed by atoms with Crippen LogP contribution in [0.3, 0.4) is 0 Å². The van der Waals surface area contributed by atoms with E-state index in [0.717, 1.165) is 5.23 Å². The van der Waals surface area contributed by atoms with Crippen LogP contribution < -0.4 is 5.23 Å². The van der Waals surface area contributed by atoms with Gasteiger partial charge in [0.15, 0.2) is 0 Å². The first-order valence-corrected chi connectivity index (χ1v) is 4.08. The van der Waals surface area contributed by atoms with Crippen molar-refractivity contribution < 1.29 is 14.1 Å². The molecule has 1 aromatic rings. The second-order valence-corrected chi connectivity index (χ2v) is 3.10. The molecule has 1 saturated heterocycles. The Morgan fingerprint density at radius 2 is 2.15 bits per heavy atom. The summed E-state index contributed by atoms with van der Waals surface area (Å²) in [7, 11) is 0. The van der Waals surface area contributed by atoms with Gasteiger partial charge in [-0.1, -0.05) is 11.6 Å². The minimum absolute atomic E-state index is 0.188. The van der Waals surface area contributed by atoms with Gasteiger partial charge in [0.2, 0.25) is 6.79 Å². The van der Waals surface area contributed by atoms with Gasteiger partial charge in [0.05, 0.1) is 0 Å². The fourth-order valence-corrected chi connectivity index (χ4v) is 1.27. The molecule has 0 radical (unpaired) electrons. The van der Waals surface area contributed by atoms with Gasteiger partial charge in [-0.05, 0) is 19.1 Å². The Bertz CT molecular complexity index is 341. The Hall–Kier alpha value is -0.840. The summed E-state index contributed by atoms with van der Waals surface area (Å²) in [6.45, 7) is 1.82. The molecule has 1 aliphatic rings. The minimum atomic E-state index is -0.374. The fraction of sp³-hybridized carbons (Fsp3) is 0.250. The van der Waals surface area contributed by atoms with Crippen LogP contribution in [-0.4, -0.2) is 6.79 Å². The number of anilines is 1. The molecule has 1 aromatic carbocycles. The molecule has 0 atom stereocenters. The van der Waals surface area contributed by atoms with Crippen molar-refractivity contribution in [1.82, 2.24) is 0 Å². The van der Waals surface area contributed by atoms with E-state index in [2.05, 4.69) is 0 Å². The predicted octanol–water partition coefficient (Wildman–Crippen LogP) is 2.43. The third-order valence-corrected chi connectivity index (χ3v) is 2.04. The number of halogens is 2. The van der Waals surface area contributed by atoms with Gasteiger partial charge < -0.3 is 0 Å². The predicted molar refractivity (Wildman–Crippen MR) is 45.7 cm³/mol. The van der Waals surface area contributed by atoms with E-state index < -0.39 is 0 Å². The fourth-order valence-electron chi connectivity index (χ4n) is 1.07.